The first-order chi connectivity index (χ1) is 10.7. The van der Waals surface area contributed by atoms with E-state index in [0.717, 1.165) is 12.3 Å². The molecule has 0 fully saturated rings. The Labute approximate surface area is 138 Å². The van der Waals surface area contributed by atoms with Gasteiger partial charge in [0.05, 0.1) is 21.7 Å². The van der Waals surface area contributed by atoms with E-state index in [2.05, 4.69) is 4.98 Å². The van der Waals surface area contributed by atoms with Crippen molar-refractivity contribution in [2.45, 2.75) is 6.18 Å². The second-order valence-electron chi connectivity index (χ2n) is 4.36. The smallest absolute Gasteiger partial charge is 0.251 e. The van der Waals surface area contributed by atoms with Gasteiger partial charge in [0.2, 0.25) is 0 Å². The lowest BCUT2D eigenvalue weighted by atomic mass is 10.0. The molecule has 0 aliphatic rings. The number of nitrogens with zero attached hydrogens (tertiary/aromatic N) is 2. The number of pyridine rings is 1. The lowest BCUT2D eigenvalue weighted by molar-refractivity contribution is -0.141. The number of allylic oxidation sites excluding steroid dienone is 1. The lowest BCUT2D eigenvalue weighted by Crippen LogP contribution is -2.08. The quantitative estimate of drug-likeness (QED) is 0.515. The highest BCUT2D eigenvalue weighted by Crippen LogP contribution is 2.33. The van der Waals surface area contributed by atoms with E-state index in [1.54, 1.807) is 6.07 Å². The van der Waals surface area contributed by atoms with Gasteiger partial charge in [-0.25, -0.2) is 4.39 Å². The maximum Gasteiger partial charge on any atom is 0.433 e. The van der Waals surface area contributed by atoms with Crippen LogP contribution in [0, 0.1) is 17.1 Å². The van der Waals surface area contributed by atoms with Crippen LogP contribution in [0.2, 0.25) is 10.0 Å². The summed E-state index contributed by atoms with van der Waals surface area (Å²) in [7, 11) is 0. The van der Waals surface area contributed by atoms with Crippen molar-refractivity contribution < 1.29 is 17.6 Å². The van der Waals surface area contributed by atoms with Crippen LogP contribution in [0.4, 0.5) is 17.6 Å². The van der Waals surface area contributed by atoms with Crippen LogP contribution in [-0.2, 0) is 6.18 Å². The first-order valence-corrected chi connectivity index (χ1v) is 6.78. The van der Waals surface area contributed by atoms with Gasteiger partial charge in [-0.2, -0.15) is 18.4 Å². The number of hydrogen-bond donors (Lipinski definition) is 0. The van der Waals surface area contributed by atoms with Gasteiger partial charge in [-0.15, -0.1) is 0 Å². The van der Waals surface area contributed by atoms with Crippen molar-refractivity contribution in [3.05, 3.63) is 63.1 Å². The summed E-state index contributed by atoms with van der Waals surface area (Å²) in [6, 6.07) is 6.53. The normalized spacial score (nSPS) is 12.1. The SMILES string of the molecule is N#CC(=Cc1cccc(Cl)c1F)c1cnc(C(F)(F)F)cc1Cl. The largest absolute Gasteiger partial charge is 0.433 e. The Morgan fingerprint density at radius 1 is 1.22 bits per heavy atom. The van der Waals surface area contributed by atoms with Crippen LogP contribution in [0.1, 0.15) is 16.8 Å². The highest BCUT2D eigenvalue weighted by molar-refractivity contribution is 6.33. The fourth-order valence-corrected chi connectivity index (χ4v) is 2.18. The van der Waals surface area contributed by atoms with Crippen molar-refractivity contribution >= 4 is 34.9 Å². The van der Waals surface area contributed by atoms with Crippen LogP contribution in [0.15, 0.2) is 30.5 Å². The number of hydrogen-bond acceptors (Lipinski definition) is 2. The highest BCUT2D eigenvalue weighted by atomic mass is 35.5. The van der Waals surface area contributed by atoms with E-state index in [1.807, 2.05) is 0 Å². The molecule has 0 N–H and O–H groups in total. The molecule has 2 nitrogen and oxygen atoms in total. The molecule has 118 valence electrons. The molecule has 0 bridgehead atoms. The fourth-order valence-electron chi connectivity index (χ4n) is 1.74. The number of nitriles is 1. The Balaban J connectivity index is 2.53. The number of halogens is 6. The number of aromatic nitrogens is 1. The van der Waals surface area contributed by atoms with Gasteiger partial charge in [0, 0.05) is 17.3 Å². The molecule has 23 heavy (non-hydrogen) atoms. The third kappa shape index (κ3) is 3.81. The number of benzene rings is 1. The lowest BCUT2D eigenvalue weighted by Gasteiger charge is -2.08. The predicted octanol–water partition coefficient (Wildman–Crippen LogP) is 5.61. The Kier molecular flexibility index (Phi) is 4.93. The molecular weight excluding hydrogens is 355 g/mol. The molecular formula is C15H6Cl2F4N2. The van der Waals surface area contributed by atoms with Gasteiger partial charge in [-0.05, 0) is 18.2 Å². The van der Waals surface area contributed by atoms with E-state index >= 15 is 0 Å². The molecule has 0 aliphatic carbocycles. The van der Waals surface area contributed by atoms with Gasteiger partial charge in [-0.3, -0.25) is 4.98 Å². The second kappa shape index (κ2) is 6.57. The third-order valence-corrected chi connectivity index (χ3v) is 3.44. The Morgan fingerprint density at radius 3 is 2.48 bits per heavy atom. The molecule has 0 saturated heterocycles. The summed E-state index contributed by atoms with van der Waals surface area (Å²) in [5.41, 5.74) is -1.36. The number of rotatable bonds is 2. The maximum absolute atomic E-state index is 13.9. The van der Waals surface area contributed by atoms with Gasteiger partial charge in [0.15, 0.2) is 0 Å². The van der Waals surface area contributed by atoms with E-state index in [1.165, 1.54) is 18.2 Å². The minimum Gasteiger partial charge on any atom is -0.251 e. The Hall–Kier alpha value is -2.10. The van der Waals surface area contributed by atoms with Crippen molar-refractivity contribution in [1.82, 2.24) is 4.98 Å². The summed E-state index contributed by atoms with van der Waals surface area (Å²) in [5.74, 6) is -0.752. The van der Waals surface area contributed by atoms with Gasteiger partial charge < -0.3 is 0 Å². The zero-order chi connectivity index (χ0) is 17.2. The van der Waals surface area contributed by atoms with E-state index < -0.39 is 17.7 Å². The van der Waals surface area contributed by atoms with E-state index in [4.69, 9.17) is 23.2 Å². The molecule has 0 aliphatic heterocycles. The zero-order valence-corrected chi connectivity index (χ0v) is 12.6. The molecule has 2 aromatic rings. The summed E-state index contributed by atoms with van der Waals surface area (Å²) >= 11 is 11.4. The molecule has 0 radical (unpaired) electrons. The Bertz CT molecular complexity index is 823. The number of alkyl halides is 3. The van der Waals surface area contributed by atoms with Crippen LogP contribution in [0.3, 0.4) is 0 Å². The van der Waals surface area contributed by atoms with Gasteiger partial charge >= 0.3 is 6.18 Å². The average molecular weight is 361 g/mol. The van der Waals surface area contributed by atoms with E-state index in [9.17, 15) is 22.8 Å². The summed E-state index contributed by atoms with van der Waals surface area (Å²) in [4.78, 5) is 3.24. The second-order valence-corrected chi connectivity index (χ2v) is 5.17. The average Bonchev–Trinajstić information content (AvgIpc) is 2.48. The molecule has 0 amide bonds. The van der Waals surface area contributed by atoms with Crippen LogP contribution < -0.4 is 0 Å². The standard InChI is InChI=1S/C15H6Cl2F4N2/c16-11-3-1-2-8(14(11)18)4-9(6-22)10-7-23-13(5-12(10)17)15(19,20)21/h1-5,7H. The van der Waals surface area contributed by atoms with Crippen molar-refractivity contribution in [2.75, 3.05) is 0 Å². The fraction of sp³-hybridized carbons (Fsp3) is 0.0667. The van der Waals surface area contributed by atoms with Gasteiger partial charge in [0.25, 0.3) is 0 Å². The molecule has 1 heterocycles. The van der Waals surface area contributed by atoms with Crippen molar-refractivity contribution in [3.8, 4) is 6.07 Å². The van der Waals surface area contributed by atoms with E-state index in [0.29, 0.717) is 6.07 Å². The molecule has 8 heteroatoms. The van der Waals surface area contributed by atoms with E-state index in [-0.39, 0.29) is 26.7 Å². The Morgan fingerprint density at radius 2 is 1.91 bits per heavy atom. The molecule has 0 spiro atoms. The summed E-state index contributed by atoms with van der Waals surface area (Å²) < 4.78 is 51.5. The topological polar surface area (TPSA) is 36.7 Å². The first-order valence-electron chi connectivity index (χ1n) is 6.03. The third-order valence-electron chi connectivity index (χ3n) is 2.84. The summed E-state index contributed by atoms with van der Waals surface area (Å²) in [6.07, 6.45) is -2.70. The van der Waals surface area contributed by atoms with Crippen molar-refractivity contribution in [2.24, 2.45) is 0 Å². The molecule has 1 aromatic heterocycles. The maximum atomic E-state index is 13.9. The molecule has 0 saturated carbocycles. The summed E-state index contributed by atoms with van der Waals surface area (Å²) in [5, 5.41) is 8.71. The van der Waals surface area contributed by atoms with Crippen molar-refractivity contribution in [1.29, 1.82) is 5.26 Å². The monoisotopic (exact) mass is 360 g/mol. The zero-order valence-electron chi connectivity index (χ0n) is 11.1. The van der Waals surface area contributed by atoms with Crippen LogP contribution >= 0.6 is 23.2 Å². The molecule has 2 rings (SSSR count). The molecule has 0 atom stereocenters. The minimum atomic E-state index is -4.66. The van der Waals surface area contributed by atoms with Gasteiger partial charge in [0.1, 0.15) is 11.5 Å². The van der Waals surface area contributed by atoms with Crippen molar-refractivity contribution in [3.63, 3.8) is 0 Å². The molecule has 1 aromatic carbocycles. The predicted molar refractivity (Wildman–Crippen MR) is 79.1 cm³/mol. The van der Waals surface area contributed by atoms with Crippen LogP contribution in [0.5, 0.6) is 0 Å². The van der Waals surface area contributed by atoms with Gasteiger partial charge in [-0.1, -0.05) is 35.3 Å². The van der Waals surface area contributed by atoms with Crippen LogP contribution in [-0.4, -0.2) is 4.98 Å². The molecule has 0 unspecified atom stereocenters. The summed E-state index contributed by atoms with van der Waals surface area (Å²) in [6.45, 7) is 0. The highest BCUT2D eigenvalue weighted by Gasteiger charge is 2.33. The first kappa shape index (κ1) is 17.3. The van der Waals surface area contributed by atoms with Crippen LogP contribution in [0.25, 0.3) is 11.6 Å². The minimum absolute atomic E-state index is 0.00464.